The van der Waals surface area contributed by atoms with Gasteiger partial charge in [-0.3, -0.25) is 63.8 Å². The molecular formula is C111H88N22O14. The molecule has 726 valence electrons. The first kappa shape index (κ1) is 99.6. The molecule has 3 atom stereocenters. The zero-order chi connectivity index (χ0) is 103. The number of nitrogens with zero attached hydrogens (tertiary/aromatic N) is 14. The summed E-state index contributed by atoms with van der Waals surface area (Å²) in [6.07, 6.45) is 19.4. The minimum absolute atomic E-state index is 0.135. The number of esters is 2. The number of rotatable bonds is 24. The molecule has 14 aromatic heterocycles. The maximum atomic E-state index is 13.4. The molecule has 0 saturated heterocycles. The number of hydrogen-bond acceptors (Lipinski definition) is 28. The number of aromatic carboxylic acids is 2. The average molecular weight is 1950 g/mol. The molecule has 0 bridgehead atoms. The number of carboxylic acids is 3. The van der Waals surface area contributed by atoms with Gasteiger partial charge in [-0.05, 0) is 205 Å². The number of fused-ring (bicyclic) bond motifs is 6. The first-order valence-electron chi connectivity index (χ1n) is 45.4. The normalized spacial score (nSPS) is 11.3. The lowest BCUT2D eigenvalue weighted by atomic mass is 10.0. The smallest absolute Gasteiger partial charge is 0.335 e. The number of nitrogen functional groups attached to an aromatic ring is 2. The van der Waals surface area contributed by atoms with E-state index < -0.39 is 65.4 Å². The Morgan fingerprint density at radius 2 is 0.592 bits per heavy atom. The largest absolute Gasteiger partial charge is 0.480 e. The Labute approximate surface area is 835 Å². The number of aromatic nitrogens is 17. The molecule has 36 heteroatoms. The molecule has 7 aromatic carbocycles. The Balaban J connectivity index is 0.000000133. The summed E-state index contributed by atoms with van der Waals surface area (Å²) in [7, 11) is 2.65. The number of benzene rings is 7. The third-order valence-electron chi connectivity index (χ3n) is 22.8. The van der Waals surface area contributed by atoms with Crippen LogP contribution in [0.5, 0.6) is 0 Å². The molecule has 0 spiro atoms. The number of Topliss-reactive ketones (excluding diaryl/α,β-unsaturated/α-hetero) is 2. The van der Waals surface area contributed by atoms with Crippen LogP contribution in [0.15, 0.2) is 359 Å². The maximum Gasteiger partial charge on any atom is 0.335 e. The van der Waals surface area contributed by atoms with Gasteiger partial charge in [0.25, 0.3) is 23.4 Å². The second-order valence-electron chi connectivity index (χ2n) is 32.4. The van der Waals surface area contributed by atoms with E-state index in [0.717, 1.165) is 49.4 Å². The van der Waals surface area contributed by atoms with E-state index in [4.69, 9.17) is 47.0 Å². The molecule has 14 N–H and O–H groups in total. The van der Waals surface area contributed by atoms with Gasteiger partial charge in [-0.15, -0.1) is 0 Å². The van der Waals surface area contributed by atoms with Crippen molar-refractivity contribution < 1.29 is 67.9 Å². The number of pyridine rings is 8. The standard InChI is InChI=1S/C31H24N6O3.C30H22N6O3.C19H12N4O2.C12H14N2O2.C12H8N2O2.C7H8N2O2/c1-40-31(39)27(17-20-18-34-22-9-3-2-8-21(20)22)37-30(38)19-12-13-23-26(16-19)36-29(25-11-5-7-15-33-25)28(35-23)24-10-4-6-14-32-24;37-29(36-26(30(38)39)16-19-17-33-21-8-2-1-7-20(19)21)18-11-12-22-25(15-18)35-28(24-10-4-6-14-32-24)27(34-22)23-9-3-5-13-31-23;24-19(25)12-7-8-13-16(11-12)23-18(15-6-2-4-10-21-15)17(22-13)14-5-1-3-9-20-14;1-16-12(15)10(13)6-8-7-14-11-5-3-2-4-9(8)11;15-11(9-5-1-3-7-13-9)12(16)10-6-2-4-8-14-10;8-5-2-1-4(7(10)11)3-6(5)9/h2-16,18,27,34H,17H2,1H3,(H,37,38);1-15,17,26,33H,16H2,(H,36,37)(H,38,39);1-11H,(H,24,25);2-5,7,10,14H,6,13H2,1H3;1-8H;1-3H,8-9H2,(H,10,11)/t27-;26-;;10-;;/m00.0../s1. The number of ether oxygens (including phenoxy) is 2. The highest BCUT2D eigenvalue weighted by Gasteiger charge is 2.29. The van der Waals surface area contributed by atoms with E-state index >= 15 is 0 Å². The minimum atomic E-state index is -1.12. The molecule has 0 unspecified atom stereocenters. The molecule has 36 nitrogen and oxygen atoms in total. The topological polar surface area (TPSA) is 563 Å². The Kier molecular flexibility index (Phi) is 31.9. The summed E-state index contributed by atoms with van der Waals surface area (Å²) < 4.78 is 9.60. The molecule has 0 aliphatic heterocycles. The number of methoxy groups -OCH3 is 2. The highest BCUT2D eigenvalue weighted by atomic mass is 16.5. The Hall–Kier alpha value is -20.4. The van der Waals surface area contributed by atoms with Crippen LogP contribution in [0.4, 0.5) is 11.4 Å². The van der Waals surface area contributed by atoms with Gasteiger partial charge in [-0.25, -0.2) is 49.1 Å². The van der Waals surface area contributed by atoms with Crippen molar-refractivity contribution in [2.45, 2.75) is 37.4 Å². The lowest BCUT2D eigenvalue weighted by Gasteiger charge is -2.17. The number of aromatic amines is 3. The number of hydrogen-bond donors (Lipinski definition) is 11. The number of carboxylic acid groups (broad SMARTS) is 3. The van der Waals surface area contributed by atoms with E-state index in [0.29, 0.717) is 125 Å². The average Bonchev–Trinajstić information content (AvgIpc) is 1.72. The van der Waals surface area contributed by atoms with Gasteiger partial charge < -0.3 is 67.6 Å². The molecule has 0 aliphatic rings. The SMILES string of the molecule is COC(=O)[C@@H](N)Cc1c[nH]c2ccccc12.COC(=O)[C@H](Cc1c[nH]c2ccccc12)NC(=O)c1ccc2nc(-c3ccccn3)c(-c3ccccn3)nc2c1.Nc1ccc(C(=O)O)cc1N.O=C(C(=O)c1ccccn1)c1ccccn1.O=C(N[C@@H](Cc1c[nH]c2ccccc12)C(=O)O)c1ccc2nc(-c3ccccn3)c(-c3ccccn3)nc2c1.O=C(O)c1ccc2nc(-c3ccccn3)c(-c3ccccn3)nc2c1. The summed E-state index contributed by atoms with van der Waals surface area (Å²) in [6.45, 7) is 0. The van der Waals surface area contributed by atoms with Crippen molar-refractivity contribution in [2.75, 3.05) is 25.7 Å². The molecule has 21 rings (SSSR count). The predicted molar refractivity (Wildman–Crippen MR) is 552 cm³/mol. The van der Waals surface area contributed by atoms with Crippen LogP contribution >= 0.6 is 0 Å². The van der Waals surface area contributed by atoms with Crippen molar-refractivity contribution in [1.29, 1.82) is 0 Å². The summed E-state index contributed by atoms with van der Waals surface area (Å²) in [5, 5.41) is 36.1. The Morgan fingerprint density at radius 1 is 0.306 bits per heavy atom. The number of H-pyrrole nitrogens is 3. The number of para-hydroxylation sites is 3. The molecule has 0 aliphatic carbocycles. The predicted octanol–water partition coefficient (Wildman–Crippen LogP) is 16.2. The second-order valence-corrected chi connectivity index (χ2v) is 32.4. The van der Waals surface area contributed by atoms with Crippen LogP contribution < -0.4 is 27.8 Å². The summed E-state index contributed by atoms with van der Waals surface area (Å²) in [6, 6.07) is 82.6. The van der Waals surface area contributed by atoms with E-state index in [1.54, 1.807) is 110 Å². The van der Waals surface area contributed by atoms with Gasteiger partial charge in [0.05, 0.1) is 104 Å². The van der Waals surface area contributed by atoms with Crippen molar-refractivity contribution in [3.8, 4) is 68.3 Å². The quantitative estimate of drug-likeness (QED) is 0.0116. The number of aliphatic carboxylic acids is 1. The molecule has 21 aromatic rings. The third-order valence-corrected chi connectivity index (χ3v) is 22.8. The lowest BCUT2D eigenvalue weighted by Crippen LogP contribution is -2.43. The highest BCUT2D eigenvalue weighted by molar-refractivity contribution is 6.48. The van der Waals surface area contributed by atoms with Gasteiger partial charge in [0.15, 0.2) is 0 Å². The summed E-state index contributed by atoms with van der Waals surface area (Å²) in [5.74, 6) is -6.26. The van der Waals surface area contributed by atoms with Gasteiger partial charge in [0.2, 0.25) is 0 Å². The number of nitrogens with two attached hydrogens (primary N) is 3. The van der Waals surface area contributed by atoms with Crippen LogP contribution in [0.1, 0.15) is 79.1 Å². The van der Waals surface area contributed by atoms with Crippen LogP contribution in [-0.2, 0) is 43.1 Å². The summed E-state index contributed by atoms with van der Waals surface area (Å²) in [5.41, 5.74) is 34.6. The molecule has 2 amide bonds. The van der Waals surface area contributed by atoms with E-state index in [1.807, 2.05) is 194 Å². The minimum Gasteiger partial charge on any atom is -0.480 e. The number of anilines is 2. The molecular weight excluding hydrogens is 1870 g/mol. The third kappa shape index (κ3) is 24.5. The maximum absolute atomic E-state index is 13.4. The van der Waals surface area contributed by atoms with Gasteiger partial charge in [0, 0.05) is 131 Å². The Morgan fingerprint density at radius 3 is 0.905 bits per heavy atom. The number of nitrogens with one attached hydrogen (secondary N) is 5. The molecule has 147 heavy (non-hydrogen) atoms. The van der Waals surface area contributed by atoms with Gasteiger partial charge in [-0.1, -0.05) is 103 Å². The first-order chi connectivity index (χ1) is 71.5. The van der Waals surface area contributed by atoms with Crippen molar-refractivity contribution in [3.05, 3.63) is 410 Å². The van der Waals surface area contributed by atoms with Crippen molar-refractivity contribution in [1.82, 2.24) is 95.4 Å². The fraction of sp³-hybridized carbons (Fsp3) is 0.0721. The Bertz CT molecular complexity index is 8310. The van der Waals surface area contributed by atoms with Crippen LogP contribution in [0.3, 0.4) is 0 Å². The van der Waals surface area contributed by atoms with Crippen molar-refractivity contribution in [3.63, 3.8) is 0 Å². The number of ketones is 2. The van der Waals surface area contributed by atoms with E-state index in [2.05, 4.69) is 80.2 Å². The molecule has 0 saturated carbocycles. The van der Waals surface area contributed by atoms with E-state index in [-0.39, 0.29) is 46.9 Å². The van der Waals surface area contributed by atoms with Gasteiger partial charge >= 0.3 is 29.8 Å². The van der Waals surface area contributed by atoms with E-state index in [1.165, 1.54) is 69.1 Å². The number of amides is 2. The fourth-order valence-electron chi connectivity index (χ4n) is 15.4. The molecule has 14 heterocycles. The second kappa shape index (κ2) is 47.0. The fourth-order valence-corrected chi connectivity index (χ4v) is 15.4. The molecule has 0 fully saturated rings. The van der Waals surface area contributed by atoms with Crippen LogP contribution in [0.2, 0.25) is 0 Å². The zero-order valence-corrected chi connectivity index (χ0v) is 78.2. The summed E-state index contributed by atoms with van der Waals surface area (Å²) in [4.78, 5) is 180. The number of carbonyl (C=O) groups excluding carboxylic acids is 6. The van der Waals surface area contributed by atoms with Crippen LogP contribution in [0, 0.1) is 0 Å². The van der Waals surface area contributed by atoms with Crippen molar-refractivity contribution >= 4 is 130 Å². The van der Waals surface area contributed by atoms with Crippen LogP contribution in [0.25, 0.3) is 134 Å². The van der Waals surface area contributed by atoms with Gasteiger partial charge in [-0.2, -0.15) is 0 Å². The molecule has 0 radical (unpaired) electrons. The van der Waals surface area contributed by atoms with Crippen molar-refractivity contribution in [2.24, 2.45) is 5.73 Å². The van der Waals surface area contributed by atoms with Crippen LogP contribution in [-0.4, -0.2) is 186 Å². The first-order valence-corrected chi connectivity index (χ1v) is 45.4. The number of carbonyl (C=O) groups is 9. The lowest BCUT2D eigenvalue weighted by molar-refractivity contribution is -0.143. The zero-order valence-electron chi connectivity index (χ0n) is 78.2. The van der Waals surface area contributed by atoms with E-state index in [9.17, 15) is 53.4 Å². The summed E-state index contributed by atoms with van der Waals surface area (Å²) >= 11 is 0. The highest BCUT2D eigenvalue weighted by Crippen LogP contribution is 2.35. The van der Waals surface area contributed by atoms with Gasteiger partial charge in [0.1, 0.15) is 63.7 Å². The monoisotopic (exact) mass is 1950 g/mol.